The van der Waals surface area contributed by atoms with Crippen molar-refractivity contribution in [2.75, 3.05) is 6.26 Å². The van der Waals surface area contributed by atoms with E-state index in [9.17, 15) is 13.0 Å². The zero-order valence-corrected chi connectivity index (χ0v) is 21.6. The summed E-state index contributed by atoms with van der Waals surface area (Å²) in [5.41, 5.74) is 2.44. The number of benzene rings is 1. The smallest absolute Gasteiger partial charge is 0.199 e. The molecule has 1 fully saturated rings. The number of H-pyrrole nitrogens is 1. The van der Waals surface area contributed by atoms with Crippen LogP contribution in [0.15, 0.2) is 42.5 Å². The van der Waals surface area contributed by atoms with Gasteiger partial charge in [0.25, 0.3) is 0 Å². The van der Waals surface area contributed by atoms with Gasteiger partial charge in [-0.3, -0.25) is 9.31 Å². The Morgan fingerprint density at radius 2 is 1.81 bits per heavy atom. The lowest BCUT2D eigenvalue weighted by atomic mass is 9.66. The van der Waals surface area contributed by atoms with Gasteiger partial charge in [0, 0.05) is 6.26 Å². The fraction of sp³-hybridized carbons (Fsp3) is 0.333. The monoisotopic (exact) mass is 520 g/mol. The van der Waals surface area contributed by atoms with Crippen LogP contribution in [0.1, 0.15) is 55.4 Å². The molecule has 2 aliphatic carbocycles. The molecule has 3 aromatic heterocycles. The van der Waals surface area contributed by atoms with E-state index in [2.05, 4.69) is 45.1 Å². The molecule has 1 N–H and O–H groups in total. The Labute approximate surface area is 213 Å². The minimum atomic E-state index is -2.27. The maximum Gasteiger partial charge on any atom is 0.199 e. The Balaban J connectivity index is 1.45. The quantitative estimate of drug-likeness (QED) is 0.385. The van der Waals surface area contributed by atoms with Gasteiger partial charge in [-0.1, -0.05) is 26.0 Å². The fourth-order valence-electron chi connectivity index (χ4n) is 6.32. The molecule has 0 amide bonds. The van der Waals surface area contributed by atoms with E-state index in [0.717, 1.165) is 29.8 Å². The van der Waals surface area contributed by atoms with Gasteiger partial charge in [-0.25, -0.2) is 18.7 Å². The molecule has 0 spiro atoms. The van der Waals surface area contributed by atoms with Gasteiger partial charge in [0.15, 0.2) is 5.82 Å². The van der Waals surface area contributed by atoms with Crippen molar-refractivity contribution in [1.29, 1.82) is 0 Å². The lowest BCUT2D eigenvalue weighted by Gasteiger charge is -2.37. The summed E-state index contributed by atoms with van der Waals surface area (Å²) < 4.78 is 41.1. The molecule has 1 aromatic carbocycles. The third-order valence-corrected chi connectivity index (χ3v) is 8.87. The second kappa shape index (κ2) is 7.98. The van der Waals surface area contributed by atoms with Crippen LogP contribution in [0.3, 0.4) is 0 Å². The minimum absolute atomic E-state index is 0.141. The van der Waals surface area contributed by atoms with E-state index in [4.69, 9.17) is 4.98 Å². The summed E-state index contributed by atoms with van der Waals surface area (Å²) in [4.78, 5) is 9.48. The predicted octanol–water partition coefficient (Wildman–Crippen LogP) is 4.65. The van der Waals surface area contributed by atoms with Gasteiger partial charge in [-0.15, -0.1) is 5.10 Å². The Hall–Kier alpha value is -3.53. The Kier molecular flexibility index (Phi) is 5.14. The molecule has 2 bridgehead atoms. The Morgan fingerprint density at radius 1 is 1.08 bits per heavy atom. The summed E-state index contributed by atoms with van der Waals surface area (Å²) >= 11 is 0. The summed E-state index contributed by atoms with van der Waals surface area (Å²) in [7, 11) is -2.27. The molecular weight excluding hydrogens is 494 g/mol. The summed E-state index contributed by atoms with van der Waals surface area (Å²) in [5, 5.41) is 16.0. The number of aromatic nitrogens is 6. The third-order valence-electron chi connectivity index (χ3n) is 7.99. The first-order valence-corrected chi connectivity index (χ1v) is 14.3. The SMILES string of the molecule is C=S(C)(=O)Cc1nc(-c2cccc([C@@]34CC[C@@H](c5cc(-c6c(F)cccc6F)nnc53)C4(C)C)n2)n[nH]1. The first-order valence-electron chi connectivity index (χ1n) is 12.0. The molecule has 0 radical (unpaired) electrons. The lowest BCUT2D eigenvalue weighted by molar-refractivity contribution is 0.243. The molecule has 190 valence electrons. The predicted molar refractivity (Wildman–Crippen MR) is 138 cm³/mol. The van der Waals surface area contributed by atoms with Crippen molar-refractivity contribution in [3.63, 3.8) is 0 Å². The van der Waals surface area contributed by atoms with Gasteiger partial charge in [-0.2, -0.15) is 10.2 Å². The van der Waals surface area contributed by atoms with Crippen LogP contribution in [0.4, 0.5) is 8.78 Å². The molecule has 37 heavy (non-hydrogen) atoms. The molecular formula is C27H26F2N6OS. The van der Waals surface area contributed by atoms with Crippen molar-refractivity contribution in [3.05, 3.63) is 76.9 Å². The molecule has 4 aromatic rings. The molecule has 0 aliphatic heterocycles. The number of nitrogens with zero attached hydrogens (tertiary/aromatic N) is 5. The number of aromatic amines is 1. The zero-order chi connectivity index (χ0) is 26.2. The van der Waals surface area contributed by atoms with E-state index >= 15 is 0 Å². The van der Waals surface area contributed by atoms with Crippen LogP contribution in [0, 0.1) is 17.0 Å². The molecule has 1 unspecified atom stereocenters. The van der Waals surface area contributed by atoms with Gasteiger partial charge in [-0.05, 0) is 75.5 Å². The number of hydrogen-bond acceptors (Lipinski definition) is 6. The topological polar surface area (TPSA) is 97.3 Å². The number of nitrogens with one attached hydrogen (secondary N) is 1. The van der Waals surface area contributed by atoms with Gasteiger partial charge in [0.1, 0.15) is 23.2 Å². The van der Waals surface area contributed by atoms with Crippen LogP contribution in [0.25, 0.3) is 22.8 Å². The summed E-state index contributed by atoms with van der Waals surface area (Å²) in [6.07, 6.45) is 3.31. The summed E-state index contributed by atoms with van der Waals surface area (Å²) in [5.74, 6) is 3.61. The Bertz CT molecular complexity index is 1640. The van der Waals surface area contributed by atoms with Crippen LogP contribution < -0.4 is 0 Å². The van der Waals surface area contributed by atoms with Crippen molar-refractivity contribution >= 4 is 15.4 Å². The Morgan fingerprint density at radius 3 is 2.54 bits per heavy atom. The second-order valence-corrected chi connectivity index (χ2v) is 13.3. The average molecular weight is 521 g/mol. The maximum absolute atomic E-state index is 14.5. The molecule has 1 saturated carbocycles. The van der Waals surface area contributed by atoms with Crippen LogP contribution >= 0.6 is 0 Å². The number of fused-ring (bicyclic) bond motifs is 5. The van der Waals surface area contributed by atoms with Crippen molar-refractivity contribution in [3.8, 4) is 22.8 Å². The van der Waals surface area contributed by atoms with E-state index in [1.54, 1.807) is 12.3 Å². The molecule has 6 rings (SSSR count). The highest BCUT2D eigenvalue weighted by molar-refractivity contribution is 7.98. The van der Waals surface area contributed by atoms with Crippen LogP contribution in [0.2, 0.25) is 0 Å². The van der Waals surface area contributed by atoms with Crippen molar-refractivity contribution in [2.24, 2.45) is 5.41 Å². The average Bonchev–Trinajstić information content (AvgIpc) is 3.45. The van der Waals surface area contributed by atoms with Gasteiger partial charge >= 0.3 is 0 Å². The number of pyridine rings is 1. The highest BCUT2D eigenvalue weighted by Gasteiger charge is 2.65. The lowest BCUT2D eigenvalue weighted by Crippen LogP contribution is -2.37. The highest BCUT2D eigenvalue weighted by atomic mass is 32.2. The standard InChI is InChI=1S/C27H26F2N6OS/c1-26(2)16-11-12-27(26,24-15(16)13-20(32-34-24)23-17(28)7-5-8-18(23)29)21-10-6-9-19(30-21)25-31-22(33-35-25)14-37(3,4)36/h5-10,13,16H,3,11-12,14H2,1-2,4H3,(H,31,33,35)/t16-,27-,37?/m0/s1. The second-order valence-electron chi connectivity index (χ2n) is 10.7. The van der Waals surface area contributed by atoms with Crippen LogP contribution in [0.5, 0.6) is 0 Å². The fourth-order valence-corrected chi connectivity index (χ4v) is 7.02. The third kappa shape index (κ3) is 3.53. The minimum Gasteiger partial charge on any atom is -0.268 e. The number of hydrogen-bond donors (Lipinski definition) is 1. The molecule has 3 heterocycles. The van der Waals surface area contributed by atoms with E-state index in [1.165, 1.54) is 18.2 Å². The number of rotatable bonds is 5. The van der Waals surface area contributed by atoms with E-state index in [0.29, 0.717) is 17.3 Å². The van der Waals surface area contributed by atoms with Crippen LogP contribution in [-0.2, 0) is 20.7 Å². The van der Waals surface area contributed by atoms with E-state index in [1.807, 2.05) is 18.2 Å². The largest absolute Gasteiger partial charge is 0.268 e. The number of halogens is 2. The molecule has 10 heteroatoms. The van der Waals surface area contributed by atoms with Crippen LogP contribution in [-0.4, -0.2) is 46.7 Å². The molecule has 7 nitrogen and oxygen atoms in total. The van der Waals surface area contributed by atoms with Crippen molar-refractivity contribution in [2.45, 2.75) is 43.8 Å². The van der Waals surface area contributed by atoms with Gasteiger partial charge < -0.3 is 0 Å². The normalized spacial score (nSPS) is 23.1. The zero-order valence-electron chi connectivity index (χ0n) is 20.8. The molecule has 2 aliphatic rings. The highest BCUT2D eigenvalue weighted by Crippen LogP contribution is 2.69. The van der Waals surface area contributed by atoms with E-state index in [-0.39, 0.29) is 28.3 Å². The van der Waals surface area contributed by atoms with Crippen molar-refractivity contribution in [1.82, 2.24) is 30.4 Å². The molecule has 3 atom stereocenters. The maximum atomic E-state index is 14.5. The van der Waals surface area contributed by atoms with Crippen molar-refractivity contribution < 1.29 is 13.0 Å². The first kappa shape index (κ1) is 23.8. The van der Waals surface area contributed by atoms with Gasteiger partial charge in [0.05, 0.1) is 33.8 Å². The summed E-state index contributed by atoms with van der Waals surface area (Å²) in [6, 6.07) is 11.3. The first-order chi connectivity index (χ1) is 17.5. The molecule has 0 saturated heterocycles. The van der Waals surface area contributed by atoms with E-state index < -0.39 is 26.6 Å². The van der Waals surface area contributed by atoms with Gasteiger partial charge in [0.2, 0.25) is 0 Å². The summed E-state index contributed by atoms with van der Waals surface area (Å²) in [6.45, 7) is 4.39.